The number of rotatable bonds is 7. The van der Waals surface area contributed by atoms with Gasteiger partial charge in [0.05, 0.1) is 11.9 Å². The van der Waals surface area contributed by atoms with Gasteiger partial charge in [-0.2, -0.15) is 0 Å². The van der Waals surface area contributed by atoms with Gasteiger partial charge < -0.3 is 5.32 Å². The minimum atomic E-state index is -3.61. The van der Waals surface area contributed by atoms with Crippen LogP contribution in [0.4, 0.5) is 5.69 Å². The predicted octanol–water partition coefficient (Wildman–Crippen LogP) is 2.25. The molecule has 1 atom stereocenters. The first kappa shape index (κ1) is 18.9. The fraction of sp³-hybridized carbons (Fsp3) is 0.333. The third-order valence-corrected chi connectivity index (χ3v) is 4.99. The molecule has 134 valence electrons. The summed E-state index contributed by atoms with van der Waals surface area (Å²) in [6.07, 6.45) is 4.79. The summed E-state index contributed by atoms with van der Waals surface area (Å²) >= 11 is 0. The molecule has 0 bridgehead atoms. The molecule has 0 aliphatic carbocycles. The maximum Gasteiger partial charge on any atom is 0.244 e. The first-order chi connectivity index (χ1) is 11.8. The van der Waals surface area contributed by atoms with Crippen LogP contribution in [0.1, 0.15) is 24.5 Å². The Morgan fingerprint density at radius 3 is 2.44 bits per heavy atom. The molecule has 0 spiro atoms. The topological polar surface area (TPSA) is 79.4 Å². The molecule has 1 heterocycles. The van der Waals surface area contributed by atoms with Crippen molar-refractivity contribution in [2.75, 3.05) is 10.6 Å². The summed E-state index contributed by atoms with van der Waals surface area (Å²) in [7, 11) is -3.61. The van der Waals surface area contributed by atoms with Gasteiger partial charge in [-0.25, -0.2) is 8.42 Å². The molecule has 0 saturated heterocycles. The molecule has 0 aliphatic rings. The van der Waals surface area contributed by atoms with E-state index in [1.807, 2.05) is 25.1 Å². The number of benzene rings is 1. The van der Waals surface area contributed by atoms with Gasteiger partial charge >= 0.3 is 0 Å². The third kappa shape index (κ3) is 5.03. The van der Waals surface area contributed by atoms with Gasteiger partial charge in [0.25, 0.3) is 0 Å². The number of aromatic nitrogens is 1. The van der Waals surface area contributed by atoms with Crippen molar-refractivity contribution in [1.29, 1.82) is 0 Å². The summed E-state index contributed by atoms with van der Waals surface area (Å²) in [6, 6.07) is 9.91. The van der Waals surface area contributed by atoms with Crippen LogP contribution in [-0.4, -0.2) is 31.6 Å². The lowest BCUT2D eigenvalue weighted by Gasteiger charge is -2.30. The van der Waals surface area contributed by atoms with Gasteiger partial charge in [0, 0.05) is 18.9 Å². The van der Waals surface area contributed by atoms with Crippen molar-refractivity contribution < 1.29 is 13.2 Å². The van der Waals surface area contributed by atoms with Crippen LogP contribution in [0.3, 0.4) is 0 Å². The second kappa shape index (κ2) is 8.11. The van der Waals surface area contributed by atoms with Crippen LogP contribution < -0.4 is 9.62 Å². The van der Waals surface area contributed by atoms with Crippen LogP contribution in [0.5, 0.6) is 0 Å². The van der Waals surface area contributed by atoms with E-state index in [0.717, 1.165) is 17.4 Å². The molecule has 1 amide bonds. The molecule has 6 nitrogen and oxygen atoms in total. The monoisotopic (exact) mass is 361 g/mol. The highest BCUT2D eigenvalue weighted by Gasteiger charge is 2.31. The molecule has 0 radical (unpaired) electrons. The molecule has 1 aromatic heterocycles. The van der Waals surface area contributed by atoms with Gasteiger partial charge in [0.1, 0.15) is 6.04 Å². The minimum Gasteiger partial charge on any atom is -0.350 e. The number of pyridine rings is 1. The number of carbonyl (C=O) groups excluding carboxylic acids is 1. The maximum absolute atomic E-state index is 12.6. The van der Waals surface area contributed by atoms with Gasteiger partial charge in [-0.15, -0.1) is 0 Å². The van der Waals surface area contributed by atoms with Crippen molar-refractivity contribution in [2.45, 2.75) is 32.9 Å². The van der Waals surface area contributed by atoms with Crippen molar-refractivity contribution >= 4 is 21.6 Å². The van der Waals surface area contributed by atoms with Gasteiger partial charge in [0.2, 0.25) is 15.9 Å². The molecule has 25 heavy (non-hydrogen) atoms. The van der Waals surface area contributed by atoms with Gasteiger partial charge in [0.15, 0.2) is 0 Å². The highest BCUT2D eigenvalue weighted by molar-refractivity contribution is 7.92. The lowest BCUT2D eigenvalue weighted by molar-refractivity contribution is -0.122. The average Bonchev–Trinajstić information content (AvgIpc) is 2.58. The normalized spacial score (nSPS) is 12.4. The molecule has 0 unspecified atom stereocenters. The van der Waals surface area contributed by atoms with E-state index < -0.39 is 16.1 Å². The lowest BCUT2D eigenvalue weighted by Crippen LogP contribution is -2.49. The molecule has 7 heteroatoms. The first-order valence-corrected chi connectivity index (χ1v) is 9.90. The van der Waals surface area contributed by atoms with E-state index in [1.54, 1.807) is 37.5 Å². The Kier molecular flexibility index (Phi) is 6.14. The van der Waals surface area contributed by atoms with E-state index in [2.05, 4.69) is 10.3 Å². The Balaban J connectivity index is 2.23. The smallest absolute Gasteiger partial charge is 0.244 e. The number of sulfonamides is 1. The molecule has 0 fully saturated rings. The standard InChI is InChI=1S/C18H23N3O3S/c1-4-17(18(22)20-13-15-6-5-11-19-12-15)21(25(3,23)24)16-9-7-14(2)8-10-16/h5-12,17H,4,13H2,1-3H3,(H,20,22)/t17-/m0/s1. The minimum absolute atomic E-state index is 0.300. The summed E-state index contributed by atoms with van der Waals surface area (Å²) < 4.78 is 25.8. The van der Waals surface area contributed by atoms with Crippen molar-refractivity contribution in [2.24, 2.45) is 0 Å². The zero-order chi connectivity index (χ0) is 18.4. The summed E-state index contributed by atoms with van der Waals surface area (Å²) in [5.74, 6) is -0.336. The number of amides is 1. The predicted molar refractivity (Wildman–Crippen MR) is 98.7 cm³/mol. The number of hydrogen-bond donors (Lipinski definition) is 1. The molecular formula is C18H23N3O3S. The zero-order valence-corrected chi connectivity index (χ0v) is 15.5. The summed E-state index contributed by atoms with van der Waals surface area (Å²) in [5, 5.41) is 2.80. The molecule has 1 aromatic carbocycles. The Bertz CT molecular complexity index is 805. The lowest BCUT2D eigenvalue weighted by atomic mass is 10.1. The van der Waals surface area contributed by atoms with E-state index in [0.29, 0.717) is 18.7 Å². The number of aryl methyl sites for hydroxylation is 1. The van der Waals surface area contributed by atoms with Gasteiger partial charge in [-0.3, -0.25) is 14.1 Å². The molecule has 0 aliphatic heterocycles. The van der Waals surface area contributed by atoms with Crippen molar-refractivity contribution in [3.8, 4) is 0 Å². The Morgan fingerprint density at radius 2 is 1.92 bits per heavy atom. The number of anilines is 1. The van der Waals surface area contributed by atoms with Crippen molar-refractivity contribution in [3.63, 3.8) is 0 Å². The molecule has 2 rings (SSSR count). The third-order valence-electron chi connectivity index (χ3n) is 3.81. The maximum atomic E-state index is 12.6. The fourth-order valence-corrected chi connectivity index (χ4v) is 3.77. The second-order valence-corrected chi connectivity index (χ2v) is 7.76. The Hall–Kier alpha value is -2.41. The van der Waals surface area contributed by atoms with Gasteiger partial charge in [-0.1, -0.05) is 30.7 Å². The quantitative estimate of drug-likeness (QED) is 0.820. The average molecular weight is 361 g/mol. The van der Waals surface area contributed by atoms with Gasteiger partial charge in [-0.05, 0) is 37.1 Å². The Labute approximate surface area is 148 Å². The van der Waals surface area contributed by atoms with Crippen molar-refractivity contribution in [3.05, 3.63) is 59.9 Å². The highest BCUT2D eigenvalue weighted by atomic mass is 32.2. The van der Waals surface area contributed by atoms with Crippen LogP contribution in [0.15, 0.2) is 48.8 Å². The first-order valence-electron chi connectivity index (χ1n) is 8.05. The Morgan fingerprint density at radius 1 is 1.24 bits per heavy atom. The van der Waals surface area contributed by atoms with E-state index in [1.165, 1.54) is 4.31 Å². The SMILES string of the molecule is CC[C@@H](C(=O)NCc1cccnc1)N(c1ccc(C)cc1)S(C)(=O)=O. The molecule has 2 aromatic rings. The van der Waals surface area contributed by atoms with Crippen molar-refractivity contribution in [1.82, 2.24) is 10.3 Å². The number of carbonyl (C=O) groups is 1. The van der Waals surface area contributed by atoms with E-state index >= 15 is 0 Å². The number of nitrogens with one attached hydrogen (secondary N) is 1. The van der Waals surface area contributed by atoms with E-state index in [9.17, 15) is 13.2 Å². The molecule has 0 saturated carbocycles. The molecule has 1 N–H and O–H groups in total. The van der Waals surface area contributed by atoms with Crippen LogP contribution in [-0.2, 0) is 21.4 Å². The largest absolute Gasteiger partial charge is 0.350 e. The zero-order valence-electron chi connectivity index (χ0n) is 14.6. The summed E-state index contributed by atoms with van der Waals surface area (Å²) in [5.41, 5.74) is 2.36. The van der Waals surface area contributed by atoms with E-state index in [4.69, 9.17) is 0 Å². The van der Waals surface area contributed by atoms with Crippen LogP contribution >= 0.6 is 0 Å². The number of hydrogen-bond acceptors (Lipinski definition) is 4. The van der Waals surface area contributed by atoms with Crippen LogP contribution in [0.25, 0.3) is 0 Å². The fourth-order valence-electron chi connectivity index (χ4n) is 2.56. The van der Waals surface area contributed by atoms with E-state index in [-0.39, 0.29) is 5.91 Å². The molecular weight excluding hydrogens is 338 g/mol. The van der Waals surface area contributed by atoms with Crippen LogP contribution in [0.2, 0.25) is 0 Å². The second-order valence-electron chi connectivity index (χ2n) is 5.90. The number of nitrogens with zero attached hydrogens (tertiary/aromatic N) is 2. The summed E-state index contributed by atoms with van der Waals surface area (Å²) in [6.45, 7) is 4.02. The van der Waals surface area contributed by atoms with Crippen LogP contribution in [0, 0.1) is 6.92 Å². The summed E-state index contributed by atoms with van der Waals surface area (Å²) in [4.78, 5) is 16.6. The highest BCUT2D eigenvalue weighted by Crippen LogP contribution is 2.23.